The molecule has 2 aliphatic rings. The van der Waals surface area contributed by atoms with Crippen LogP contribution in [-0.4, -0.2) is 19.3 Å². The van der Waals surface area contributed by atoms with E-state index in [4.69, 9.17) is 10.5 Å². The lowest BCUT2D eigenvalue weighted by Gasteiger charge is -2.36. The third-order valence-corrected chi connectivity index (χ3v) is 4.81. The van der Waals surface area contributed by atoms with Gasteiger partial charge < -0.3 is 10.5 Å². The standard InChI is InChI=1S/C14H27NO/c1-3-11(4-2)9-14(10-15)7-8-16-13(14)12-5-6-12/h11-13H,3-10,15H2,1-2H3. The minimum atomic E-state index is 0.317. The third kappa shape index (κ3) is 2.28. The molecule has 2 fully saturated rings. The maximum Gasteiger partial charge on any atom is 0.0672 e. The highest BCUT2D eigenvalue weighted by atomic mass is 16.5. The number of ether oxygens (including phenoxy) is 1. The van der Waals surface area contributed by atoms with Crippen LogP contribution in [0, 0.1) is 17.3 Å². The molecule has 0 radical (unpaired) electrons. The van der Waals surface area contributed by atoms with E-state index in [9.17, 15) is 0 Å². The molecule has 1 saturated carbocycles. The van der Waals surface area contributed by atoms with E-state index in [0.29, 0.717) is 11.5 Å². The summed E-state index contributed by atoms with van der Waals surface area (Å²) in [6.45, 7) is 6.38. The molecule has 1 aliphatic carbocycles. The van der Waals surface area contributed by atoms with Crippen LogP contribution in [0.2, 0.25) is 0 Å². The number of rotatable bonds is 6. The molecule has 1 saturated heterocycles. The zero-order chi connectivity index (χ0) is 11.6. The predicted molar refractivity (Wildman–Crippen MR) is 67.3 cm³/mol. The Labute approximate surface area is 99.9 Å². The van der Waals surface area contributed by atoms with Gasteiger partial charge in [-0.3, -0.25) is 0 Å². The lowest BCUT2D eigenvalue weighted by atomic mass is 9.71. The summed E-state index contributed by atoms with van der Waals surface area (Å²) >= 11 is 0. The highest BCUT2D eigenvalue weighted by Crippen LogP contribution is 2.50. The summed E-state index contributed by atoms with van der Waals surface area (Å²) in [5.41, 5.74) is 6.42. The zero-order valence-electron chi connectivity index (χ0n) is 10.9. The second-order valence-corrected chi connectivity index (χ2v) is 5.83. The molecule has 0 aromatic rings. The zero-order valence-corrected chi connectivity index (χ0v) is 10.9. The number of nitrogens with two attached hydrogens (primary N) is 1. The van der Waals surface area contributed by atoms with Crippen molar-refractivity contribution < 1.29 is 4.74 Å². The molecule has 2 nitrogen and oxygen atoms in total. The first kappa shape index (κ1) is 12.4. The molecule has 2 rings (SSSR count). The van der Waals surface area contributed by atoms with Crippen molar-refractivity contribution in [2.45, 2.75) is 58.5 Å². The summed E-state index contributed by atoms with van der Waals surface area (Å²) in [5, 5.41) is 0. The molecule has 0 aromatic carbocycles. The second kappa shape index (κ2) is 5.05. The SMILES string of the molecule is CCC(CC)CC1(CN)CCOC1C1CC1. The molecule has 1 heterocycles. The minimum absolute atomic E-state index is 0.317. The first-order valence-corrected chi connectivity index (χ1v) is 7.07. The van der Waals surface area contributed by atoms with Gasteiger partial charge in [0.25, 0.3) is 0 Å². The fourth-order valence-electron chi connectivity index (χ4n) is 3.42. The Morgan fingerprint density at radius 2 is 2.00 bits per heavy atom. The predicted octanol–water partition coefficient (Wildman–Crippen LogP) is 2.96. The number of hydrogen-bond acceptors (Lipinski definition) is 2. The van der Waals surface area contributed by atoms with Crippen molar-refractivity contribution in [3.8, 4) is 0 Å². The van der Waals surface area contributed by atoms with E-state index < -0.39 is 0 Å². The molecule has 2 N–H and O–H groups in total. The first-order valence-electron chi connectivity index (χ1n) is 7.07. The Morgan fingerprint density at radius 3 is 2.50 bits per heavy atom. The van der Waals surface area contributed by atoms with E-state index in [-0.39, 0.29) is 0 Å². The van der Waals surface area contributed by atoms with Gasteiger partial charge in [-0.15, -0.1) is 0 Å². The molecule has 2 heteroatoms. The molecule has 16 heavy (non-hydrogen) atoms. The molecule has 0 spiro atoms. The van der Waals surface area contributed by atoms with Gasteiger partial charge in [0.05, 0.1) is 6.10 Å². The molecule has 2 unspecified atom stereocenters. The van der Waals surface area contributed by atoms with Crippen LogP contribution < -0.4 is 5.73 Å². The van der Waals surface area contributed by atoms with Crippen molar-refractivity contribution in [2.24, 2.45) is 23.0 Å². The third-order valence-electron chi connectivity index (χ3n) is 4.81. The summed E-state index contributed by atoms with van der Waals surface area (Å²) in [6.07, 6.45) is 8.28. The molecule has 0 aromatic heterocycles. The van der Waals surface area contributed by atoms with E-state index >= 15 is 0 Å². The first-order chi connectivity index (χ1) is 7.75. The second-order valence-electron chi connectivity index (χ2n) is 5.83. The minimum Gasteiger partial charge on any atom is -0.377 e. The van der Waals surface area contributed by atoms with Crippen molar-refractivity contribution in [2.75, 3.05) is 13.2 Å². The molecule has 0 bridgehead atoms. The average molecular weight is 225 g/mol. The molecule has 2 atom stereocenters. The summed E-state index contributed by atoms with van der Waals surface area (Å²) in [4.78, 5) is 0. The molecular formula is C14H27NO. The van der Waals surface area contributed by atoms with E-state index in [1.165, 1.54) is 38.5 Å². The van der Waals surface area contributed by atoms with Crippen LogP contribution in [0.3, 0.4) is 0 Å². The monoisotopic (exact) mass is 225 g/mol. The molecule has 1 aliphatic heterocycles. The van der Waals surface area contributed by atoms with Crippen LogP contribution >= 0.6 is 0 Å². The van der Waals surface area contributed by atoms with Crippen molar-refractivity contribution in [3.05, 3.63) is 0 Å². The lowest BCUT2D eigenvalue weighted by molar-refractivity contribution is 0.0220. The van der Waals surface area contributed by atoms with Crippen LogP contribution in [0.25, 0.3) is 0 Å². The van der Waals surface area contributed by atoms with Crippen LogP contribution in [0.1, 0.15) is 52.4 Å². The Morgan fingerprint density at radius 1 is 1.31 bits per heavy atom. The van der Waals surface area contributed by atoms with Crippen molar-refractivity contribution in [1.29, 1.82) is 0 Å². The highest BCUT2D eigenvalue weighted by molar-refractivity contribution is 5.00. The van der Waals surface area contributed by atoms with E-state index in [2.05, 4.69) is 13.8 Å². The topological polar surface area (TPSA) is 35.2 Å². The molecule has 0 amide bonds. The maximum absolute atomic E-state index is 6.10. The summed E-state index contributed by atoms with van der Waals surface area (Å²) in [6, 6.07) is 0. The Bertz CT molecular complexity index is 223. The molecule has 94 valence electrons. The Hall–Kier alpha value is -0.0800. The fourth-order valence-corrected chi connectivity index (χ4v) is 3.42. The van der Waals surface area contributed by atoms with E-state index in [1.807, 2.05) is 0 Å². The van der Waals surface area contributed by atoms with Gasteiger partial charge in [-0.2, -0.15) is 0 Å². The van der Waals surface area contributed by atoms with Gasteiger partial charge in [0.1, 0.15) is 0 Å². The van der Waals surface area contributed by atoms with Crippen molar-refractivity contribution in [1.82, 2.24) is 0 Å². The van der Waals surface area contributed by atoms with Gasteiger partial charge in [-0.25, -0.2) is 0 Å². The lowest BCUT2D eigenvalue weighted by Crippen LogP contribution is -2.41. The largest absolute Gasteiger partial charge is 0.377 e. The molecular weight excluding hydrogens is 198 g/mol. The quantitative estimate of drug-likeness (QED) is 0.754. The Balaban J connectivity index is 2.04. The van der Waals surface area contributed by atoms with Gasteiger partial charge in [0.2, 0.25) is 0 Å². The maximum atomic E-state index is 6.10. The van der Waals surface area contributed by atoms with Crippen LogP contribution in [0.4, 0.5) is 0 Å². The van der Waals surface area contributed by atoms with Crippen LogP contribution in [-0.2, 0) is 4.74 Å². The highest BCUT2D eigenvalue weighted by Gasteiger charge is 2.50. The fraction of sp³-hybridized carbons (Fsp3) is 1.00. The van der Waals surface area contributed by atoms with Gasteiger partial charge >= 0.3 is 0 Å². The smallest absolute Gasteiger partial charge is 0.0672 e. The van der Waals surface area contributed by atoms with Crippen molar-refractivity contribution >= 4 is 0 Å². The normalized spacial score (nSPS) is 34.9. The van der Waals surface area contributed by atoms with E-state index in [1.54, 1.807) is 0 Å². The van der Waals surface area contributed by atoms with Crippen LogP contribution in [0.15, 0.2) is 0 Å². The van der Waals surface area contributed by atoms with Gasteiger partial charge in [0, 0.05) is 18.6 Å². The summed E-state index contributed by atoms with van der Waals surface area (Å²) in [5.74, 6) is 1.67. The van der Waals surface area contributed by atoms with Crippen molar-refractivity contribution in [3.63, 3.8) is 0 Å². The van der Waals surface area contributed by atoms with Crippen LogP contribution in [0.5, 0.6) is 0 Å². The summed E-state index contributed by atoms with van der Waals surface area (Å²) < 4.78 is 5.99. The van der Waals surface area contributed by atoms with Gasteiger partial charge in [-0.1, -0.05) is 26.7 Å². The number of hydrogen-bond donors (Lipinski definition) is 1. The Kier molecular flexibility index (Phi) is 3.91. The average Bonchev–Trinajstić information content (AvgIpc) is 3.08. The summed E-state index contributed by atoms with van der Waals surface area (Å²) in [7, 11) is 0. The van der Waals surface area contributed by atoms with Gasteiger partial charge in [0.15, 0.2) is 0 Å². The van der Waals surface area contributed by atoms with E-state index in [0.717, 1.165) is 25.0 Å². The van der Waals surface area contributed by atoms with Gasteiger partial charge in [-0.05, 0) is 37.5 Å².